The van der Waals surface area contributed by atoms with Crippen LogP contribution in [0, 0.1) is 0 Å². The van der Waals surface area contributed by atoms with Gasteiger partial charge < -0.3 is 14.2 Å². The number of esters is 3. The molecule has 0 aromatic heterocycles. The fourth-order valence-electron chi connectivity index (χ4n) is 3.99. The predicted molar refractivity (Wildman–Crippen MR) is 146 cm³/mol. The van der Waals surface area contributed by atoms with E-state index in [1.54, 1.807) is 0 Å². The minimum absolute atomic E-state index is 0.0122. The molecular weight excluding hydrogens is 456 g/mol. The Morgan fingerprint density at radius 3 is 1.44 bits per heavy atom. The first kappa shape index (κ1) is 34.1. The number of hydrogen-bond acceptors (Lipinski definition) is 6. The van der Waals surface area contributed by atoms with Crippen molar-refractivity contribution < 1.29 is 28.6 Å². The van der Waals surface area contributed by atoms with Crippen LogP contribution in [0.1, 0.15) is 144 Å². The van der Waals surface area contributed by atoms with Crippen LogP contribution in [-0.2, 0) is 28.6 Å². The second-order valence-electron chi connectivity index (χ2n) is 10.2. The second-order valence-corrected chi connectivity index (χ2v) is 10.2. The summed E-state index contributed by atoms with van der Waals surface area (Å²) >= 11 is 0. The molecule has 6 nitrogen and oxygen atoms in total. The van der Waals surface area contributed by atoms with E-state index in [1.165, 1.54) is 0 Å². The lowest BCUT2D eigenvalue weighted by Gasteiger charge is -2.17. The van der Waals surface area contributed by atoms with Crippen LogP contribution >= 0.6 is 0 Å². The minimum Gasteiger partial charge on any atom is -0.462 e. The molecule has 0 aliphatic heterocycles. The van der Waals surface area contributed by atoms with Gasteiger partial charge in [0.25, 0.3) is 0 Å². The molecule has 0 fully saturated rings. The summed E-state index contributed by atoms with van der Waals surface area (Å²) in [7, 11) is 0. The summed E-state index contributed by atoms with van der Waals surface area (Å²) in [4.78, 5) is 38.0. The number of hydrogen-bond donors (Lipinski definition) is 0. The molecule has 0 spiro atoms. The van der Waals surface area contributed by atoms with Crippen molar-refractivity contribution >= 4 is 17.9 Å². The summed E-state index contributed by atoms with van der Waals surface area (Å²) in [6.07, 6.45) is 15.5. The molecule has 0 saturated carbocycles. The summed E-state index contributed by atoms with van der Waals surface area (Å²) < 4.78 is 16.5. The van der Waals surface area contributed by atoms with Crippen LogP contribution in [0.5, 0.6) is 0 Å². The molecule has 0 N–H and O–H groups in total. The highest BCUT2D eigenvalue weighted by molar-refractivity contribution is 5.99. The monoisotopic (exact) mass is 510 g/mol. The molecule has 6 heteroatoms. The van der Waals surface area contributed by atoms with E-state index in [2.05, 4.69) is 20.8 Å². The number of rotatable bonds is 22. The second kappa shape index (κ2) is 22.4. The van der Waals surface area contributed by atoms with E-state index in [-0.39, 0.29) is 30.3 Å². The Morgan fingerprint density at radius 1 is 0.583 bits per heavy atom. The SMILES string of the molecule is CCCCCC[C@H](C)OC(=O)/C=C(\CC(=O)O[C@@H](C)CCCCCC)C(=O)O[C@@H](C)CCCCCC. The molecule has 0 aromatic carbocycles. The smallest absolute Gasteiger partial charge is 0.335 e. The third-order valence-electron chi connectivity index (χ3n) is 6.24. The standard InChI is InChI=1S/C30H54O6/c1-7-10-13-16-19-24(4)34-28(31)22-27(30(33)36-26(6)21-18-15-12-9-3)23-29(32)35-25(5)20-17-14-11-8-2/h22,24-26H,7-21,23H2,1-6H3/b27-22+/t24-,25-,26-/m0/s1. The van der Waals surface area contributed by atoms with Crippen LogP contribution in [0.2, 0.25) is 0 Å². The van der Waals surface area contributed by atoms with E-state index in [0.717, 1.165) is 102 Å². The summed E-state index contributed by atoms with van der Waals surface area (Å²) in [5.41, 5.74) is -0.0122. The molecule has 0 aliphatic carbocycles. The van der Waals surface area contributed by atoms with Crippen molar-refractivity contribution in [2.24, 2.45) is 0 Å². The van der Waals surface area contributed by atoms with E-state index >= 15 is 0 Å². The molecule has 0 bridgehead atoms. The Bertz CT molecular complexity index is 627. The van der Waals surface area contributed by atoms with Gasteiger partial charge in [-0.1, -0.05) is 78.6 Å². The molecule has 0 heterocycles. The highest BCUT2D eigenvalue weighted by Crippen LogP contribution is 2.16. The number of unbranched alkanes of at least 4 members (excludes halogenated alkanes) is 9. The van der Waals surface area contributed by atoms with E-state index in [4.69, 9.17) is 14.2 Å². The average Bonchev–Trinajstić information content (AvgIpc) is 2.81. The summed E-state index contributed by atoms with van der Waals surface area (Å²) in [6.45, 7) is 12.0. The van der Waals surface area contributed by atoms with E-state index < -0.39 is 17.9 Å². The van der Waals surface area contributed by atoms with Crippen molar-refractivity contribution in [1.82, 2.24) is 0 Å². The highest BCUT2D eigenvalue weighted by Gasteiger charge is 2.22. The maximum atomic E-state index is 12.9. The predicted octanol–water partition coefficient (Wildman–Crippen LogP) is 8.01. The first-order valence-corrected chi connectivity index (χ1v) is 14.5. The van der Waals surface area contributed by atoms with Crippen molar-refractivity contribution in [1.29, 1.82) is 0 Å². The van der Waals surface area contributed by atoms with Crippen LogP contribution in [-0.4, -0.2) is 36.2 Å². The lowest BCUT2D eigenvalue weighted by molar-refractivity contribution is -0.151. The number of ether oxygens (including phenoxy) is 3. The van der Waals surface area contributed by atoms with Crippen molar-refractivity contribution in [3.8, 4) is 0 Å². The molecule has 36 heavy (non-hydrogen) atoms. The first-order valence-electron chi connectivity index (χ1n) is 14.5. The lowest BCUT2D eigenvalue weighted by Crippen LogP contribution is -2.22. The Hall–Kier alpha value is -1.85. The van der Waals surface area contributed by atoms with Crippen LogP contribution in [0.25, 0.3) is 0 Å². The van der Waals surface area contributed by atoms with Crippen LogP contribution in [0.15, 0.2) is 11.6 Å². The van der Waals surface area contributed by atoms with Gasteiger partial charge in [-0.25, -0.2) is 9.59 Å². The zero-order valence-corrected chi connectivity index (χ0v) is 24.1. The van der Waals surface area contributed by atoms with E-state index in [9.17, 15) is 14.4 Å². The van der Waals surface area contributed by atoms with Gasteiger partial charge in [-0.3, -0.25) is 4.79 Å². The van der Waals surface area contributed by atoms with Gasteiger partial charge >= 0.3 is 17.9 Å². The third kappa shape index (κ3) is 19.4. The summed E-state index contributed by atoms with van der Waals surface area (Å²) in [5.74, 6) is -1.81. The van der Waals surface area contributed by atoms with Gasteiger partial charge in [-0.15, -0.1) is 0 Å². The number of carbonyl (C=O) groups is 3. The zero-order chi connectivity index (χ0) is 27.2. The van der Waals surface area contributed by atoms with Crippen molar-refractivity contribution in [3.05, 3.63) is 11.6 Å². The maximum Gasteiger partial charge on any atom is 0.335 e. The largest absolute Gasteiger partial charge is 0.462 e. The molecule has 0 unspecified atom stereocenters. The van der Waals surface area contributed by atoms with Gasteiger partial charge in [0, 0.05) is 6.08 Å². The van der Waals surface area contributed by atoms with E-state index in [1.807, 2.05) is 20.8 Å². The Morgan fingerprint density at radius 2 is 1.00 bits per heavy atom. The molecule has 0 amide bonds. The Balaban J connectivity index is 5.05. The summed E-state index contributed by atoms with van der Waals surface area (Å²) in [6, 6.07) is 0. The Kier molecular flexibility index (Phi) is 21.2. The molecular formula is C30H54O6. The van der Waals surface area contributed by atoms with Crippen molar-refractivity contribution in [2.45, 2.75) is 163 Å². The van der Waals surface area contributed by atoms with Gasteiger partial charge in [0.1, 0.15) is 0 Å². The zero-order valence-electron chi connectivity index (χ0n) is 24.1. The van der Waals surface area contributed by atoms with Gasteiger partial charge in [-0.2, -0.15) is 0 Å². The van der Waals surface area contributed by atoms with Gasteiger partial charge in [0.15, 0.2) is 0 Å². The highest BCUT2D eigenvalue weighted by atomic mass is 16.6. The Labute approximate surface area is 220 Å². The molecule has 210 valence electrons. The average molecular weight is 511 g/mol. The first-order chi connectivity index (χ1) is 17.2. The lowest BCUT2D eigenvalue weighted by atomic mass is 10.1. The molecule has 0 aromatic rings. The topological polar surface area (TPSA) is 78.9 Å². The van der Waals surface area contributed by atoms with Crippen molar-refractivity contribution in [2.75, 3.05) is 0 Å². The maximum absolute atomic E-state index is 12.9. The number of carbonyl (C=O) groups excluding carboxylic acids is 3. The van der Waals surface area contributed by atoms with Gasteiger partial charge in [0.2, 0.25) is 0 Å². The van der Waals surface area contributed by atoms with Gasteiger partial charge in [-0.05, 0) is 59.3 Å². The van der Waals surface area contributed by atoms with Crippen LogP contribution in [0.4, 0.5) is 0 Å². The molecule has 0 saturated heterocycles. The quantitative estimate of drug-likeness (QED) is 0.0635. The van der Waals surface area contributed by atoms with Gasteiger partial charge in [0.05, 0.1) is 30.3 Å². The fourth-order valence-corrected chi connectivity index (χ4v) is 3.99. The molecule has 0 radical (unpaired) electrons. The molecule has 0 aliphatic rings. The molecule has 3 atom stereocenters. The fraction of sp³-hybridized carbons (Fsp3) is 0.833. The van der Waals surface area contributed by atoms with Crippen molar-refractivity contribution in [3.63, 3.8) is 0 Å². The van der Waals surface area contributed by atoms with E-state index in [0.29, 0.717) is 0 Å². The van der Waals surface area contributed by atoms with Crippen LogP contribution < -0.4 is 0 Å². The minimum atomic E-state index is -0.655. The normalized spacial score (nSPS) is 14.1. The van der Waals surface area contributed by atoms with Crippen LogP contribution in [0.3, 0.4) is 0 Å². The molecule has 0 rings (SSSR count). The summed E-state index contributed by atoms with van der Waals surface area (Å²) in [5, 5.41) is 0. The third-order valence-corrected chi connectivity index (χ3v) is 6.24.